The maximum atomic E-state index is 13.9. The van der Waals surface area contributed by atoms with E-state index in [1.807, 2.05) is 0 Å². The van der Waals surface area contributed by atoms with Gasteiger partial charge < -0.3 is 30.3 Å². The molecule has 1 aliphatic rings. The number of amides is 2. The van der Waals surface area contributed by atoms with Gasteiger partial charge in [0.2, 0.25) is 0 Å². The number of nitrogens with zero attached hydrogens (tertiary/aromatic N) is 2. The van der Waals surface area contributed by atoms with E-state index in [1.165, 1.54) is 18.2 Å². The van der Waals surface area contributed by atoms with E-state index in [9.17, 15) is 32.3 Å². The van der Waals surface area contributed by atoms with Gasteiger partial charge in [0.25, 0.3) is 11.8 Å². The SMILES string of the molecule is Nc1noc2cc(NC(=O)C(O)C3OCCN(c4ccc(C(F)(F)F)c(F)c4)C3=O)ccc12. The van der Waals surface area contributed by atoms with Gasteiger partial charge >= 0.3 is 6.18 Å². The summed E-state index contributed by atoms with van der Waals surface area (Å²) >= 11 is 0. The number of anilines is 3. The van der Waals surface area contributed by atoms with Gasteiger partial charge in [0.1, 0.15) is 5.82 Å². The zero-order chi connectivity index (χ0) is 23.9. The summed E-state index contributed by atoms with van der Waals surface area (Å²) in [5, 5.41) is 16.9. The Morgan fingerprint density at radius 3 is 2.73 bits per heavy atom. The van der Waals surface area contributed by atoms with Crippen molar-refractivity contribution in [1.82, 2.24) is 5.16 Å². The zero-order valence-electron chi connectivity index (χ0n) is 16.6. The van der Waals surface area contributed by atoms with Crippen LogP contribution in [0.4, 0.5) is 34.8 Å². The third kappa shape index (κ3) is 4.32. The largest absolute Gasteiger partial charge is 0.419 e. The Balaban J connectivity index is 1.49. The molecule has 1 fully saturated rings. The monoisotopic (exact) mass is 468 g/mol. The van der Waals surface area contributed by atoms with Crippen molar-refractivity contribution >= 4 is 40.0 Å². The van der Waals surface area contributed by atoms with Crippen molar-refractivity contribution < 1.29 is 41.5 Å². The lowest BCUT2D eigenvalue weighted by molar-refractivity contribution is -0.150. The number of nitrogen functional groups attached to an aromatic ring is 1. The highest BCUT2D eigenvalue weighted by Crippen LogP contribution is 2.33. The summed E-state index contributed by atoms with van der Waals surface area (Å²) in [5.74, 6) is -3.30. The number of benzene rings is 2. The maximum Gasteiger partial charge on any atom is 0.419 e. The van der Waals surface area contributed by atoms with Gasteiger partial charge in [0.05, 0.1) is 17.6 Å². The molecule has 13 heteroatoms. The third-order valence-corrected chi connectivity index (χ3v) is 5.01. The quantitative estimate of drug-likeness (QED) is 0.501. The van der Waals surface area contributed by atoms with Gasteiger partial charge in [-0.05, 0) is 30.3 Å². The number of rotatable bonds is 4. The van der Waals surface area contributed by atoms with E-state index in [1.54, 1.807) is 0 Å². The number of nitrogens with two attached hydrogens (primary N) is 1. The van der Waals surface area contributed by atoms with E-state index in [4.69, 9.17) is 15.0 Å². The van der Waals surface area contributed by atoms with Crippen LogP contribution in [0.15, 0.2) is 40.9 Å². The Hall–Kier alpha value is -3.71. The number of halogens is 4. The Kier molecular flexibility index (Phi) is 5.68. The molecule has 9 nitrogen and oxygen atoms in total. The molecule has 3 aromatic rings. The molecule has 0 aliphatic carbocycles. The van der Waals surface area contributed by atoms with Crippen molar-refractivity contribution in [1.29, 1.82) is 0 Å². The van der Waals surface area contributed by atoms with E-state index in [0.29, 0.717) is 17.5 Å². The molecule has 2 aromatic carbocycles. The highest BCUT2D eigenvalue weighted by Gasteiger charge is 2.40. The van der Waals surface area contributed by atoms with Gasteiger partial charge in [-0.15, -0.1) is 0 Å². The van der Waals surface area contributed by atoms with Gasteiger partial charge in [0, 0.05) is 24.0 Å². The molecule has 33 heavy (non-hydrogen) atoms. The molecule has 1 aromatic heterocycles. The number of hydrogen-bond acceptors (Lipinski definition) is 7. The second kappa shape index (κ2) is 8.33. The number of ether oxygens (including phenoxy) is 1. The number of carbonyl (C=O) groups excluding carboxylic acids is 2. The van der Waals surface area contributed by atoms with E-state index >= 15 is 0 Å². The lowest BCUT2D eigenvalue weighted by Crippen LogP contribution is -2.55. The minimum atomic E-state index is -4.89. The number of carbonyl (C=O) groups is 2. The first kappa shape index (κ1) is 22.5. The lowest BCUT2D eigenvalue weighted by Gasteiger charge is -2.34. The molecular formula is C20H16F4N4O5. The highest BCUT2D eigenvalue weighted by atomic mass is 19.4. The first-order valence-corrected chi connectivity index (χ1v) is 9.50. The van der Waals surface area contributed by atoms with Crippen molar-refractivity contribution in [2.75, 3.05) is 29.1 Å². The van der Waals surface area contributed by atoms with Crippen LogP contribution in [0, 0.1) is 5.82 Å². The van der Waals surface area contributed by atoms with Crippen LogP contribution in [-0.4, -0.2) is 47.4 Å². The molecule has 2 amide bonds. The highest BCUT2D eigenvalue weighted by molar-refractivity contribution is 6.04. The Labute approximate surface area is 182 Å². The number of fused-ring (bicyclic) bond motifs is 1. The molecule has 4 rings (SSSR count). The molecule has 2 heterocycles. The number of morpholine rings is 1. The van der Waals surface area contributed by atoms with Crippen LogP contribution in [0.5, 0.6) is 0 Å². The molecule has 174 valence electrons. The number of hydrogen-bond donors (Lipinski definition) is 3. The van der Waals surface area contributed by atoms with Crippen molar-refractivity contribution in [3.63, 3.8) is 0 Å². The summed E-state index contributed by atoms with van der Waals surface area (Å²) in [6.07, 6.45) is -8.52. The minimum Gasteiger partial charge on any atom is -0.380 e. The van der Waals surface area contributed by atoms with Gasteiger partial charge in [-0.1, -0.05) is 5.16 Å². The molecule has 1 saturated heterocycles. The molecule has 4 N–H and O–H groups in total. The second-order valence-electron chi connectivity index (χ2n) is 7.16. The number of aliphatic hydroxyl groups is 1. The molecular weight excluding hydrogens is 452 g/mol. The smallest absolute Gasteiger partial charge is 0.380 e. The fraction of sp³-hybridized carbons (Fsp3) is 0.250. The first-order chi connectivity index (χ1) is 15.6. The van der Waals surface area contributed by atoms with Crippen LogP contribution in [0.2, 0.25) is 0 Å². The lowest BCUT2D eigenvalue weighted by atomic mass is 10.1. The van der Waals surface area contributed by atoms with Crippen LogP contribution in [0.1, 0.15) is 5.56 Å². The number of aromatic nitrogens is 1. The summed E-state index contributed by atoms with van der Waals surface area (Å²) in [7, 11) is 0. The van der Waals surface area contributed by atoms with E-state index in [-0.39, 0.29) is 35.9 Å². The molecule has 0 spiro atoms. The predicted molar refractivity (Wildman–Crippen MR) is 107 cm³/mol. The Bertz CT molecular complexity index is 1230. The Morgan fingerprint density at radius 1 is 1.27 bits per heavy atom. The summed E-state index contributed by atoms with van der Waals surface area (Å²) in [6.45, 7) is -0.259. The van der Waals surface area contributed by atoms with Crippen LogP contribution >= 0.6 is 0 Å². The fourth-order valence-corrected chi connectivity index (χ4v) is 3.38. The second-order valence-corrected chi connectivity index (χ2v) is 7.16. The molecule has 1 aliphatic heterocycles. The first-order valence-electron chi connectivity index (χ1n) is 9.50. The molecule has 0 bridgehead atoms. The van der Waals surface area contributed by atoms with Crippen molar-refractivity contribution in [2.45, 2.75) is 18.4 Å². The number of aliphatic hydroxyl groups excluding tert-OH is 1. The molecule has 2 unspecified atom stereocenters. The van der Waals surface area contributed by atoms with E-state index in [2.05, 4.69) is 10.5 Å². The third-order valence-electron chi connectivity index (χ3n) is 5.01. The average Bonchev–Trinajstić information content (AvgIpc) is 3.12. The van der Waals surface area contributed by atoms with Crippen molar-refractivity contribution in [3.8, 4) is 0 Å². The topological polar surface area (TPSA) is 131 Å². The van der Waals surface area contributed by atoms with Gasteiger partial charge in [-0.25, -0.2) is 4.39 Å². The van der Waals surface area contributed by atoms with E-state index < -0.39 is 41.6 Å². The average molecular weight is 468 g/mol. The molecule has 0 radical (unpaired) electrons. The van der Waals surface area contributed by atoms with Gasteiger partial charge in [-0.3, -0.25) is 9.59 Å². The maximum absolute atomic E-state index is 13.9. The summed E-state index contributed by atoms with van der Waals surface area (Å²) in [5.41, 5.74) is 4.47. The number of alkyl halides is 3. The zero-order valence-corrected chi connectivity index (χ0v) is 16.6. The van der Waals surface area contributed by atoms with Crippen LogP contribution in [-0.2, 0) is 20.5 Å². The fourth-order valence-electron chi connectivity index (χ4n) is 3.38. The van der Waals surface area contributed by atoms with E-state index in [0.717, 1.165) is 11.0 Å². The molecule has 2 atom stereocenters. The van der Waals surface area contributed by atoms with Crippen LogP contribution in [0.3, 0.4) is 0 Å². The minimum absolute atomic E-state index is 0.113. The van der Waals surface area contributed by atoms with Crippen LogP contribution < -0.4 is 16.0 Å². The number of nitrogens with one attached hydrogen (secondary N) is 1. The molecule has 0 saturated carbocycles. The summed E-state index contributed by atoms with van der Waals surface area (Å²) < 4.78 is 62.5. The summed E-state index contributed by atoms with van der Waals surface area (Å²) in [4.78, 5) is 26.2. The normalized spacial score (nSPS) is 17.9. The van der Waals surface area contributed by atoms with Crippen molar-refractivity contribution in [3.05, 3.63) is 47.8 Å². The predicted octanol–water partition coefficient (Wildman–Crippen LogP) is 2.30. The van der Waals surface area contributed by atoms with Gasteiger partial charge in [-0.2, -0.15) is 13.2 Å². The summed E-state index contributed by atoms with van der Waals surface area (Å²) in [6, 6.07) is 6.42. The van der Waals surface area contributed by atoms with Crippen LogP contribution in [0.25, 0.3) is 11.0 Å². The van der Waals surface area contributed by atoms with Gasteiger partial charge in [0.15, 0.2) is 23.6 Å². The van der Waals surface area contributed by atoms with Crippen molar-refractivity contribution in [2.24, 2.45) is 0 Å². The standard InChI is InChI=1S/C20H16F4N4O5/c21-13-8-10(2-4-12(13)20(22,23)24)28-5-6-32-16(19(28)31)15(29)18(30)26-9-1-3-11-14(7-9)33-27-17(11)25/h1-4,7-8,15-16,29H,5-6H2,(H2,25,27)(H,26,30). The Morgan fingerprint density at radius 2 is 2.03 bits per heavy atom.